The minimum absolute atomic E-state index is 0.00459. The van der Waals surface area contributed by atoms with E-state index in [9.17, 15) is 9.18 Å². The molecule has 2 fully saturated rings. The Bertz CT molecular complexity index is 1580. The van der Waals surface area contributed by atoms with Crippen molar-refractivity contribution >= 4 is 23.1 Å². The van der Waals surface area contributed by atoms with E-state index in [1.54, 1.807) is 17.5 Å². The molecule has 1 saturated carbocycles. The minimum atomic E-state index is -1.48. The molecule has 0 atom stereocenters. The Labute approximate surface area is 224 Å². The number of amides is 1. The predicted octanol–water partition coefficient (Wildman–Crippen LogP) is 5.18. The van der Waals surface area contributed by atoms with E-state index in [0.717, 1.165) is 11.4 Å². The Morgan fingerprint density at radius 1 is 1.13 bits per heavy atom. The Balaban J connectivity index is 1.39. The summed E-state index contributed by atoms with van der Waals surface area (Å²) in [5, 5.41) is 7.14. The summed E-state index contributed by atoms with van der Waals surface area (Å²) >= 11 is 0. The highest BCUT2D eigenvalue weighted by Gasteiger charge is 2.49. The molecule has 0 unspecified atom stereocenters. The molecule has 0 spiro atoms. The average Bonchev–Trinajstić information content (AvgIpc) is 3.29. The molecule has 0 bridgehead atoms. The third kappa shape index (κ3) is 4.75. The van der Waals surface area contributed by atoms with Gasteiger partial charge in [0.25, 0.3) is 5.91 Å². The molecule has 204 valence electrons. The second-order valence-electron chi connectivity index (χ2n) is 11.3. The number of alkyl halides is 1. The number of morpholine rings is 1. The van der Waals surface area contributed by atoms with Crippen LogP contribution in [0.4, 0.5) is 20.3 Å². The lowest BCUT2D eigenvalue weighted by atomic mass is 9.97. The van der Waals surface area contributed by atoms with E-state index in [-0.39, 0.29) is 22.7 Å². The number of aromatic nitrogens is 4. The molecule has 39 heavy (non-hydrogen) atoms. The molecule has 3 aromatic heterocycles. The van der Waals surface area contributed by atoms with Crippen molar-refractivity contribution in [1.29, 1.82) is 0 Å². The molecule has 1 amide bonds. The van der Waals surface area contributed by atoms with Crippen molar-refractivity contribution in [3.05, 3.63) is 59.3 Å². The van der Waals surface area contributed by atoms with Crippen LogP contribution in [-0.2, 0) is 15.8 Å². The Morgan fingerprint density at radius 2 is 1.87 bits per heavy atom. The van der Waals surface area contributed by atoms with Crippen LogP contribution in [-0.4, -0.2) is 51.8 Å². The highest BCUT2D eigenvalue weighted by Crippen LogP contribution is 2.48. The van der Waals surface area contributed by atoms with E-state index in [0.29, 0.717) is 61.8 Å². The molecule has 1 aromatic carbocycles. The number of hydrogen-bond donors (Lipinski definition) is 1. The number of fused-ring (bicyclic) bond motifs is 1. The molecule has 1 N–H and O–H groups in total. The summed E-state index contributed by atoms with van der Waals surface area (Å²) in [7, 11) is 0. The summed E-state index contributed by atoms with van der Waals surface area (Å²) < 4.78 is 42.7. The number of pyridine rings is 1. The van der Waals surface area contributed by atoms with E-state index >= 15 is 4.39 Å². The van der Waals surface area contributed by atoms with Crippen molar-refractivity contribution in [2.75, 3.05) is 36.5 Å². The fourth-order valence-electron chi connectivity index (χ4n) is 4.65. The van der Waals surface area contributed by atoms with E-state index in [2.05, 4.69) is 25.3 Å². The highest BCUT2D eigenvalue weighted by molar-refractivity contribution is 6.02. The number of nitrogens with zero attached hydrogens (tertiary/aromatic N) is 5. The van der Waals surface area contributed by atoms with Gasteiger partial charge in [0.05, 0.1) is 25.1 Å². The molecule has 1 aliphatic carbocycles. The summed E-state index contributed by atoms with van der Waals surface area (Å²) in [6, 6.07) is 6.71. The van der Waals surface area contributed by atoms with Gasteiger partial charge in [-0.2, -0.15) is 4.52 Å². The number of carbonyl (C=O) groups is 1. The van der Waals surface area contributed by atoms with Crippen LogP contribution in [0.15, 0.2) is 34.9 Å². The van der Waals surface area contributed by atoms with Crippen LogP contribution in [0.2, 0.25) is 0 Å². The van der Waals surface area contributed by atoms with Gasteiger partial charge in [0.15, 0.2) is 17.1 Å². The third-order valence-corrected chi connectivity index (χ3v) is 7.09. The number of hydrogen-bond acceptors (Lipinski definition) is 7. The molecule has 6 rings (SSSR count). The number of benzene rings is 1. The van der Waals surface area contributed by atoms with Gasteiger partial charge in [0.1, 0.15) is 11.6 Å². The quantitative estimate of drug-likeness (QED) is 0.376. The maximum atomic E-state index is 15.0. The van der Waals surface area contributed by atoms with Crippen molar-refractivity contribution in [3.8, 4) is 11.1 Å². The Hall–Kier alpha value is -3.86. The van der Waals surface area contributed by atoms with Crippen LogP contribution in [0.25, 0.3) is 16.8 Å². The number of ether oxygens (including phenoxy) is 1. The number of aryl methyl sites for hydroxylation is 1. The van der Waals surface area contributed by atoms with Gasteiger partial charge < -0.3 is 19.4 Å². The first-order chi connectivity index (χ1) is 18.5. The fourth-order valence-corrected chi connectivity index (χ4v) is 4.65. The normalized spacial score (nSPS) is 17.0. The zero-order valence-electron chi connectivity index (χ0n) is 22.3. The number of rotatable bonds is 5. The summed E-state index contributed by atoms with van der Waals surface area (Å²) in [5.74, 6) is 0.159. The van der Waals surface area contributed by atoms with Gasteiger partial charge in [-0.1, -0.05) is 20.8 Å². The second-order valence-corrected chi connectivity index (χ2v) is 11.3. The molecule has 2 aliphatic rings. The third-order valence-electron chi connectivity index (χ3n) is 7.09. The minimum Gasteiger partial charge on any atom is -0.435 e. The SMILES string of the molecule is Cc1cc(F)c(NC(=O)c2cnc(C(C)(C)C)o2)cc1-c1cc(N2CCOCC2)n2nc(C3(F)CC3)nc2c1. The van der Waals surface area contributed by atoms with E-state index in [1.807, 2.05) is 32.9 Å². The van der Waals surface area contributed by atoms with Crippen LogP contribution in [0.3, 0.4) is 0 Å². The molecule has 4 aromatic rings. The lowest BCUT2D eigenvalue weighted by Crippen LogP contribution is -2.37. The number of nitrogens with one attached hydrogen (secondary N) is 1. The van der Waals surface area contributed by atoms with E-state index < -0.39 is 17.4 Å². The van der Waals surface area contributed by atoms with Crippen molar-refractivity contribution in [2.24, 2.45) is 0 Å². The van der Waals surface area contributed by atoms with Gasteiger partial charge in [-0.05, 0) is 60.7 Å². The summed E-state index contributed by atoms with van der Waals surface area (Å²) in [5.41, 5.74) is 0.757. The van der Waals surface area contributed by atoms with Gasteiger partial charge in [-0.3, -0.25) is 4.79 Å². The van der Waals surface area contributed by atoms with Crippen LogP contribution in [0.1, 0.15) is 61.4 Å². The first kappa shape index (κ1) is 25.4. The van der Waals surface area contributed by atoms with E-state index in [4.69, 9.17) is 9.15 Å². The lowest BCUT2D eigenvalue weighted by Gasteiger charge is -2.29. The van der Waals surface area contributed by atoms with Crippen LogP contribution >= 0.6 is 0 Å². The van der Waals surface area contributed by atoms with Crippen LogP contribution in [0, 0.1) is 12.7 Å². The largest absolute Gasteiger partial charge is 0.435 e. The van der Waals surface area contributed by atoms with Gasteiger partial charge in [-0.15, -0.1) is 5.10 Å². The monoisotopic (exact) mass is 536 g/mol. The molecular weight excluding hydrogens is 506 g/mol. The standard InChI is InChI=1S/C28H30F2N6O3/c1-16-11-19(29)20(32-24(37)21-15-31-26(39-21)27(2,3)4)14-18(16)17-12-22-33-25(28(30)5-6-28)34-36(22)23(13-17)35-7-9-38-10-8-35/h11-15H,5-10H2,1-4H3,(H,32,37). The topological polar surface area (TPSA) is 97.8 Å². The van der Waals surface area contributed by atoms with E-state index in [1.165, 1.54) is 12.3 Å². The fraction of sp³-hybridized carbons (Fsp3) is 0.429. The number of oxazole rings is 1. The second kappa shape index (κ2) is 9.11. The summed E-state index contributed by atoms with van der Waals surface area (Å²) in [4.78, 5) is 23.7. The molecular formula is C28H30F2N6O3. The smallest absolute Gasteiger partial charge is 0.293 e. The summed E-state index contributed by atoms with van der Waals surface area (Å²) in [6.45, 7) is 9.97. The zero-order chi connectivity index (χ0) is 27.5. The van der Waals surface area contributed by atoms with Crippen molar-refractivity contribution < 1.29 is 22.7 Å². The van der Waals surface area contributed by atoms with Gasteiger partial charge in [0, 0.05) is 18.5 Å². The number of carbonyl (C=O) groups excluding carboxylic acids is 1. The molecule has 0 radical (unpaired) electrons. The van der Waals surface area contributed by atoms with Gasteiger partial charge in [-0.25, -0.2) is 18.7 Å². The first-order valence-electron chi connectivity index (χ1n) is 13.0. The number of anilines is 2. The summed E-state index contributed by atoms with van der Waals surface area (Å²) in [6.07, 6.45) is 2.16. The number of halogens is 2. The van der Waals surface area contributed by atoms with Crippen LogP contribution in [0.5, 0.6) is 0 Å². The van der Waals surface area contributed by atoms with Crippen molar-refractivity contribution in [3.63, 3.8) is 0 Å². The van der Waals surface area contributed by atoms with Crippen LogP contribution < -0.4 is 10.2 Å². The maximum absolute atomic E-state index is 15.0. The van der Waals surface area contributed by atoms with Crippen molar-refractivity contribution in [2.45, 2.75) is 51.6 Å². The van der Waals surface area contributed by atoms with Crippen molar-refractivity contribution in [1.82, 2.24) is 19.6 Å². The van der Waals surface area contributed by atoms with Gasteiger partial charge in [0.2, 0.25) is 11.7 Å². The Morgan fingerprint density at radius 3 is 2.54 bits per heavy atom. The molecule has 1 aliphatic heterocycles. The Kier molecular flexibility index (Phi) is 5.94. The predicted molar refractivity (Wildman–Crippen MR) is 141 cm³/mol. The zero-order valence-corrected chi connectivity index (χ0v) is 22.3. The molecule has 1 saturated heterocycles. The molecule has 4 heterocycles. The molecule has 9 nitrogen and oxygen atoms in total. The lowest BCUT2D eigenvalue weighted by molar-refractivity contribution is 0.0992. The molecule has 11 heteroatoms. The van der Waals surface area contributed by atoms with Gasteiger partial charge >= 0.3 is 0 Å². The maximum Gasteiger partial charge on any atom is 0.293 e. The first-order valence-corrected chi connectivity index (χ1v) is 13.0. The highest BCUT2D eigenvalue weighted by atomic mass is 19.1. The average molecular weight is 537 g/mol.